The lowest BCUT2D eigenvalue weighted by Crippen LogP contribution is -2.38. The fourth-order valence-corrected chi connectivity index (χ4v) is 7.61. The first-order chi connectivity index (χ1) is 8.93. The van der Waals surface area contributed by atoms with E-state index in [1.165, 1.54) is 12.2 Å². The minimum absolute atomic E-state index is 0.0345. The van der Waals surface area contributed by atoms with Gasteiger partial charge in [0, 0.05) is 6.92 Å². The van der Waals surface area contributed by atoms with E-state index >= 15 is 0 Å². The molecule has 1 heterocycles. The largest absolute Gasteiger partial charge is 0.462 e. The molecule has 1 aliphatic rings. The number of hydrogen-bond donors (Lipinski definition) is 0. The standard InChI is InChI=1S/C15H21O2PS/c1-11-10-18(19,14-7-5-4-6-8-14)12(2)9-15(11)17-13(3)16/h4-8,11-12,15H,9-10H2,1-3H3/t11-,12+,15-,18+/m0/s1. The maximum atomic E-state index is 11.2. The van der Waals surface area contributed by atoms with E-state index in [4.69, 9.17) is 16.5 Å². The zero-order valence-electron chi connectivity index (χ0n) is 11.7. The van der Waals surface area contributed by atoms with Crippen molar-refractivity contribution in [3.63, 3.8) is 0 Å². The molecule has 1 aliphatic heterocycles. The van der Waals surface area contributed by atoms with Crippen molar-refractivity contribution < 1.29 is 9.53 Å². The number of carbonyl (C=O) groups excluding carboxylic acids is 1. The fourth-order valence-electron chi connectivity index (χ4n) is 2.88. The maximum Gasteiger partial charge on any atom is 0.302 e. The van der Waals surface area contributed by atoms with Crippen molar-refractivity contribution in [2.45, 2.75) is 39.0 Å². The first kappa shape index (κ1) is 14.7. The van der Waals surface area contributed by atoms with E-state index in [9.17, 15) is 4.79 Å². The molecule has 0 N–H and O–H groups in total. The molecule has 0 spiro atoms. The molecule has 1 fully saturated rings. The van der Waals surface area contributed by atoms with Gasteiger partial charge in [0.15, 0.2) is 0 Å². The van der Waals surface area contributed by atoms with Crippen LogP contribution in [0, 0.1) is 5.92 Å². The highest BCUT2D eigenvalue weighted by atomic mass is 32.4. The van der Waals surface area contributed by atoms with Crippen LogP contribution >= 0.6 is 6.04 Å². The molecule has 1 saturated heterocycles. The molecular formula is C15H21O2PS. The van der Waals surface area contributed by atoms with Crippen molar-refractivity contribution >= 4 is 29.1 Å². The molecule has 4 atom stereocenters. The summed E-state index contributed by atoms with van der Waals surface area (Å²) < 4.78 is 5.44. The second kappa shape index (κ2) is 5.76. The predicted molar refractivity (Wildman–Crippen MR) is 84.0 cm³/mol. The zero-order chi connectivity index (χ0) is 14.0. The van der Waals surface area contributed by atoms with Crippen LogP contribution in [0.25, 0.3) is 0 Å². The summed E-state index contributed by atoms with van der Waals surface area (Å²) in [6.45, 7) is 5.86. The van der Waals surface area contributed by atoms with Gasteiger partial charge in [0.1, 0.15) is 6.10 Å². The molecule has 1 aromatic rings. The molecule has 0 aliphatic carbocycles. The number of ether oxygens (including phenoxy) is 1. The molecule has 2 rings (SSSR count). The van der Waals surface area contributed by atoms with E-state index in [2.05, 4.69) is 38.1 Å². The molecule has 1 aromatic carbocycles. The summed E-state index contributed by atoms with van der Waals surface area (Å²) in [5.74, 6) is 0.171. The monoisotopic (exact) mass is 296 g/mol. The Labute approximate surface area is 120 Å². The number of hydrogen-bond acceptors (Lipinski definition) is 3. The van der Waals surface area contributed by atoms with Gasteiger partial charge in [0.25, 0.3) is 0 Å². The Balaban J connectivity index is 2.23. The van der Waals surface area contributed by atoms with Gasteiger partial charge in [-0.05, 0) is 35.5 Å². The van der Waals surface area contributed by atoms with Crippen LogP contribution in [-0.4, -0.2) is 23.9 Å². The average Bonchev–Trinajstić information content (AvgIpc) is 2.36. The average molecular weight is 296 g/mol. The summed E-state index contributed by atoms with van der Waals surface area (Å²) in [5.41, 5.74) is 0.436. The van der Waals surface area contributed by atoms with Gasteiger partial charge in [-0.2, -0.15) is 0 Å². The number of esters is 1. The molecule has 0 unspecified atom stereocenters. The van der Waals surface area contributed by atoms with Crippen LogP contribution in [0.4, 0.5) is 0 Å². The van der Waals surface area contributed by atoms with Gasteiger partial charge in [-0.15, -0.1) is 0 Å². The Bertz CT molecular complexity index is 500. The lowest BCUT2D eigenvalue weighted by molar-refractivity contribution is -0.148. The van der Waals surface area contributed by atoms with Gasteiger partial charge in [-0.1, -0.05) is 56.0 Å². The maximum absolute atomic E-state index is 11.2. The second-order valence-electron chi connectivity index (χ2n) is 5.52. The predicted octanol–water partition coefficient (Wildman–Crippen LogP) is 3.15. The molecule has 2 nitrogen and oxygen atoms in total. The van der Waals surface area contributed by atoms with E-state index in [0.29, 0.717) is 11.6 Å². The summed E-state index contributed by atoms with van der Waals surface area (Å²) in [6, 6.07) is 8.94. The van der Waals surface area contributed by atoms with Crippen LogP contribution in [0.3, 0.4) is 0 Å². The first-order valence-electron chi connectivity index (χ1n) is 6.75. The van der Waals surface area contributed by atoms with Crippen molar-refractivity contribution in [3.8, 4) is 0 Å². The summed E-state index contributed by atoms with van der Waals surface area (Å²) in [4.78, 5) is 11.2. The van der Waals surface area contributed by atoms with E-state index < -0.39 is 6.04 Å². The van der Waals surface area contributed by atoms with Crippen molar-refractivity contribution in [1.29, 1.82) is 0 Å². The Kier molecular flexibility index (Phi) is 4.47. The number of benzene rings is 1. The highest BCUT2D eigenvalue weighted by molar-refractivity contribution is 8.18. The molecule has 4 heteroatoms. The summed E-state index contributed by atoms with van der Waals surface area (Å²) in [5, 5.41) is 1.32. The van der Waals surface area contributed by atoms with Gasteiger partial charge in [0.2, 0.25) is 0 Å². The van der Waals surface area contributed by atoms with Gasteiger partial charge in [-0.25, -0.2) is 0 Å². The molecule has 0 saturated carbocycles. The van der Waals surface area contributed by atoms with E-state index in [-0.39, 0.29) is 12.1 Å². The van der Waals surface area contributed by atoms with Crippen LogP contribution in [-0.2, 0) is 21.3 Å². The number of rotatable bonds is 2. The lowest BCUT2D eigenvalue weighted by atomic mass is 10.0. The fraction of sp³-hybridized carbons (Fsp3) is 0.533. The third-order valence-electron chi connectivity index (χ3n) is 3.99. The van der Waals surface area contributed by atoms with Crippen molar-refractivity contribution in [2.24, 2.45) is 5.92 Å². The molecule has 19 heavy (non-hydrogen) atoms. The number of carbonyl (C=O) groups is 1. The third kappa shape index (κ3) is 3.09. The summed E-state index contributed by atoms with van der Waals surface area (Å²) in [6.07, 6.45) is 1.92. The van der Waals surface area contributed by atoms with E-state index in [1.807, 2.05) is 6.07 Å². The van der Waals surface area contributed by atoms with Crippen molar-refractivity contribution in [2.75, 3.05) is 6.16 Å². The quantitative estimate of drug-likeness (QED) is 0.619. The third-order valence-corrected chi connectivity index (χ3v) is 10.1. The van der Waals surface area contributed by atoms with Gasteiger partial charge in [-0.3, -0.25) is 4.79 Å². The summed E-state index contributed by atoms with van der Waals surface area (Å²) >= 11 is 6.06. The van der Waals surface area contributed by atoms with Crippen LogP contribution in [0.2, 0.25) is 0 Å². The topological polar surface area (TPSA) is 26.3 Å². The smallest absolute Gasteiger partial charge is 0.302 e. The minimum Gasteiger partial charge on any atom is -0.462 e. The van der Waals surface area contributed by atoms with Crippen molar-refractivity contribution in [3.05, 3.63) is 30.3 Å². The molecule has 0 amide bonds. The SMILES string of the molecule is CC(=O)O[C@H]1C[C@@H](C)[P@@](=S)(c2ccccc2)C[C@@H]1C. The molecule has 0 radical (unpaired) electrons. The van der Waals surface area contributed by atoms with Crippen LogP contribution in [0.15, 0.2) is 30.3 Å². The molecule has 0 aromatic heterocycles. The molecule has 104 valence electrons. The van der Waals surface area contributed by atoms with Gasteiger partial charge < -0.3 is 4.74 Å². The van der Waals surface area contributed by atoms with Crippen LogP contribution < -0.4 is 5.30 Å². The Morgan fingerprint density at radius 2 is 1.95 bits per heavy atom. The Morgan fingerprint density at radius 1 is 1.32 bits per heavy atom. The minimum atomic E-state index is -1.55. The highest BCUT2D eigenvalue weighted by Crippen LogP contribution is 2.57. The van der Waals surface area contributed by atoms with Gasteiger partial charge in [0.05, 0.1) is 0 Å². The first-order valence-corrected chi connectivity index (χ1v) is 9.80. The van der Waals surface area contributed by atoms with Gasteiger partial charge >= 0.3 is 5.97 Å². The van der Waals surface area contributed by atoms with Crippen molar-refractivity contribution in [1.82, 2.24) is 0 Å². The van der Waals surface area contributed by atoms with E-state index in [0.717, 1.165) is 12.6 Å². The molecule has 0 bridgehead atoms. The Morgan fingerprint density at radius 3 is 2.53 bits per heavy atom. The van der Waals surface area contributed by atoms with Crippen LogP contribution in [0.5, 0.6) is 0 Å². The Hall–Kier alpha value is -0.660. The normalized spacial score (nSPS) is 34.8. The second-order valence-corrected chi connectivity index (χ2v) is 10.8. The summed E-state index contributed by atoms with van der Waals surface area (Å²) in [7, 11) is 0. The lowest BCUT2D eigenvalue weighted by Gasteiger charge is -2.41. The molecular weight excluding hydrogens is 275 g/mol. The van der Waals surface area contributed by atoms with E-state index in [1.54, 1.807) is 0 Å². The highest BCUT2D eigenvalue weighted by Gasteiger charge is 2.39. The zero-order valence-corrected chi connectivity index (χ0v) is 13.4. The van der Waals surface area contributed by atoms with Crippen LogP contribution in [0.1, 0.15) is 27.2 Å².